The highest BCUT2D eigenvalue weighted by atomic mass is 79.9. The molecule has 0 aliphatic carbocycles. The van der Waals surface area contributed by atoms with E-state index in [4.69, 9.17) is 34.8 Å². The smallest absolute Gasteiger partial charge is 0.124 e. The Kier molecular flexibility index (Phi) is 4.54. The fourth-order valence-electron chi connectivity index (χ4n) is 1.58. The third-order valence-corrected chi connectivity index (χ3v) is 4.35. The summed E-state index contributed by atoms with van der Waals surface area (Å²) in [4.78, 5) is -0.213. The summed E-state index contributed by atoms with van der Waals surface area (Å²) in [5.41, 5.74) is 1.58. The topological polar surface area (TPSA) is 0 Å². The van der Waals surface area contributed by atoms with Crippen LogP contribution in [0.15, 0.2) is 36.4 Å². The maximum absolute atomic E-state index is 13.0. The zero-order valence-corrected chi connectivity index (χ0v) is 12.8. The Morgan fingerprint density at radius 2 is 1.44 bits per heavy atom. The molecule has 2 aromatic carbocycles. The van der Waals surface area contributed by atoms with E-state index in [1.54, 1.807) is 18.2 Å². The van der Waals surface area contributed by atoms with Crippen LogP contribution in [-0.4, -0.2) is 0 Å². The third kappa shape index (κ3) is 3.00. The van der Waals surface area contributed by atoms with Crippen LogP contribution in [0.25, 0.3) is 0 Å². The first kappa shape index (κ1) is 14.1. The van der Waals surface area contributed by atoms with Crippen molar-refractivity contribution in [1.29, 1.82) is 0 Å². The summed E-state index contributed by atoms with van der Waals surface area (Å²) >= 11 is 21.5. The monoisotopic (exact) mass is 366 g/mol. The Morgan fingerprint density at radius 3 is 2.00 bits per heavy atom. The summed E-state index contributed by atoms with van der Waals surface area (Å²) < 4.78 is 13.0. The molecule has 0 saturated carbocycles. The summed E-state index contributed by atoms with van der Waals surface area (Å²) in [6.45, 7) is 0. The zero-order chi connectivity index (χ0) is 13.3. The number of hydrogen-bond acceptors (Lipinski definition) is 0. The average Bonchev–Trinajstić information content (AvgIpc) is 2.28. The van der Waals surface area contributed by atoms with Gasteiger partial charge in [0, 0.05) is 15.1 Å². The molecule has 0 bridgehead atoms. The van der Waals surface area contributed by atoms with Crippen LogP contribution < -0.4 is 0 Å². The average molecular weight is 368 g/mol. The number of halogens is 5. The Labute approximate surface area is 128 Å². The summed E-state index contributed by atoms with van der Waals surface area (Å²) in [6.07, 6.45) is 0. The van der Waals surface area contributed by atoms with Gasteiger partial charge in [-0.2, -0.15) is 0 Å². The van der Waals surface area contributed by atoms with Gasteiger partial charge in [0.15, 0.2) is 0 Å². The molecule has 1 unspecified atom stereocenters. The van der Waals surface area contributed by atoms with Gasteiger partial charge in [0.2, 0.25) is 0 Å². The molecule has 0 radical (unpaired) electrons. The molecular weight excluding hydrogens is 361 g/mol. The van der Waals surface area contributed by atoms with Gasteiger partial charge in [-0.15, -0.1) is 0 Å². The van der Waals surface area contributed by atoms with Gasteiger partial charge < -0.3 is 0 Å². The van der Waals surface area contributed by atoms with Crippen LogP contribution in [0.5, 0.6) is 0 Å². The lowest BCUT2D eigenvalue weighted by Crippen LogP contribution is -1.95. The first-order valence-corrected chi connectivity index (χ1v) is 7.08. The lowest BCUT2D eigenvalue weighted by molar-refractivity contribution is 0.627. The normalized spacial score (nSPS) is 12.5. The molecule has 0 amide bonds. The van der Waals surface area contributed by atoms with Gasteiger partial charge in [-0.25, -0.2) is 4.39 Å². The quantitative estimate of drug-likeness (QED) is 0.548. The SMILES string of the molecule is Fc1ccc(C(Br)c2ccc(Cl)cc2Cl)c(Cl)c1. The number of alkyl halides is 1. The van der Waals surface area contributed by atoms with Crippen LogP contribution >= 0.6 is 50.7 Å². The zero-order valence-electron chi connectivity index (χ0n) is 8.93. The molecule has 0 nitrogen and oxygen atoms in total. The van der Waals surface area contributed by atoms with Crippen molar-refractivity contribution >= 4 is 50.7 Å². The van der Waals surface area contributed by atoms with E-state index in [2.05, 4.69) is 15.9 Å². The number of rotatable bonds is 2. The first-order chi connectivity index (χ1) is 8.49. The van der Waals surface area contributed by atoms with Crippen molar-refractivity contribution in [2.24, 2.45) is 0 Å². The summed E-state index contributed by atoms with van der Waals surface area (Å²) in [6, 6.07) is 9.47. The van der Waals surface area contributed by atoms with E-state index in [0.717, 1.165) is 11.1 Å². The predicted molar refractivity (Wildman–Crippen MR) is 78.6 cm³/mol. The van der Waals surface area contributed by atoms with Gasteiger partial charge in [-0.05, 0) is 35.4 Å². The lowest BCUT2D eigenvalue weighted by atomic mass is 10.0. The Morgan fingerprint density at radius 1 is 0.889 bits per heavy atom. The van der Waals surface area contributed by atoms with Gasteiger partial charge in [-0.1, -0.05) is 62.9 Å². The minimum absolute atomic E-state index is 0.213. The predicted octanol–water partition coefficient (Wildman–Crippen LogP) is 6.27. The number of benzene rings is 2. The van der Waals surface area contributed by atoms with Crippen molar-refractivity contribution in [2.75, 3.05) is 0 Å². The highest BCUT2D eigenvalue weighted by Gasteiger charge is 2.17. The van der Waals surface area contributed by atoms with E-state index >= 15 is 0 Å². The van der Waals surface area contributed by atoms with E-state index in [1.165, 1.54) is 12.1 Å². The molecule has 0 N–H and O–H groups in total. The lowest BCUT2D eigenvalue weighted by Gasteiger charge is -2.14. The summed E-state index contributed by atoms with van der Waals surface area (Å²) in [5, 5.41) is 1.45. The van der Waals surface area contributed by atoms with Crippen molar-refractivity contribution in [3.8, 4) is 0 Å². The largest absolute Gasteiger partial charge is 0.207 e. The van der Waals surface area contributed by atoms with Gasteiger partial charge in [-0.3, -0.25) is 0 Å². The van der Waals surface area contributed by atoms with Gasteiger partial charge in [0.05, 0.1) is 4.83 Å². The van der Waals surface area contributed by atoms with Crippen molar-refractivity contribution in [3.63, 3.8) is 0 Å². The molecule has 0 saturated heterocycles. The molecular formula is C13H7BrCl3F. The van der Waals surface area contributed by atoms with Crippen LogP contribution in [0.2, 0.25) is 15.1 Å². The molecule has 0 heterocycles. The van der Waals surface area contributed by atoms with Crippen molar-refractivity contribution in [1.82, 2.24) is 0 Å². The summed E-state index contributed by atoms with van der Waals surface area (Å²) in [7, 11) is 0. The molecule has 0 spiro atoms. The molecule has 2 aromatic rings. The second-order valence-electron chi connectivity index (χ2n) is 3.69. The maximum atomic E-state index is 13.0. The molecule has 0 aliphatic heterocycles. The minimum atomic E-state index is -0.370. The van der Waals surface area contributed by atoms with Crippen molar-refractivity contribution in [2.45, 2.75) is 4.83 Å². The molecule has 1 atom stereocenters. The van der Waals surface area contributed by atoms with Crippen LogP contribution in [-0.2, 0) is 0 Å². The molecule has 94 valence electrons. The minimum Gasteiger partial charge on any atom is -0.207 e. The van der Waals surface area contributed by atoms with Crippen LogP contribution in [0, 0.1) is 5.82 Å². The fourth-order valence-corrected chi connectivity index (χ4v) is 3.44. The highest BCUT2D eigenvalue weighted by molar-refractivity contribution is 9.09. The third-order valence-electron chi connectivity index (χ3n) is 2.47. The van der Waals surface area contributed by atoms with Crippen LogP contribution in [0.4, 0.5) is 4.39 Å². The molecule has 0 aromatic heterocycles. The second kappa shape index (κ2) is 5.79. The van der Waals surface area contributed by atoms with E-state index in [9.17, 15) is 4.39 Å². The van der Waals surface area contributed by atoms with Crippen LogP contribution in [0.3, 0.4) is 0 Å². The Hall–Kier alpha value is -0.280. The first-order valence-electron chi connectivity index (χ1n) is 5.03. The van der Waals surface area contributed by atoms with Crippen LogP contribution in [0.1, 0.15) is 16.0 Å². The highest BCUT2D eigenvalue weighted by Crippen LogP contribution is 2.39. The number of hydrogen-bond donors (Lipinski definition) is 0. The van der Waals surface area contributed by atoms with E-state index < -0.39 is 0 Å². The van der Waals surface area contributed by atoms with Crippen molar-refractivity contribution < 1.29 is 4.39 Å². The van der Waals surface area contributed by atoms with Gasteiger partial charge in [0.25, 0.3) is 0 Å². The standard InChI is InChI=1S/C13H7BrCl3F/c14-13(9-3-1-7(15)5-11(9)16)10-4-2-8(18)6-12(10)17/h1-6,13H. The van der Waals surface area contributed by atoms with E-state index in [1.807, 2.05) is 6.07 Å². The Balaban J connectivity index is 2.44. The van der Waals surface area contributed by atoms with Crippen molar-refractivity contribution in [3.05, 3.63) is 68.4 Å². The molecule has 5 heteroatoms. The summed E-state index contributed by atoms with van der Waals surface area (Å²) in [5.74, 6) is -0.370. The van der Waals surface area contributed by atoms with Gasteiger partial charge in [0.1, 0.15) is 5.82 Å². The molecule has 0 aliphatic rings. The van der Waals surface area contributed by atoms with E-state index in [-0.39, 0.29) is 10.6 Å². The fraction of sp³-hybridized carbons (Fsp3) is 0.0769. The molecule has 2 rings (SSSR count). The van der Waals surface area contributed by atoms with Gasteiger partial charge >= 0.3 is 0 Å². The van der Waals surface area contributed by atoms with E-state index in [0.29, 0.717) is 15.1 Å². The molecule has 18 heavy (non-hydrogen) atoms. The maximum Gasteiger partial charge on any atom is 0.124 e. The Bertz CT molecular complexity index is 535. The molecule has 0 fully saturated rings. The second-order valence-corrected chi connectivity index (χ2v) is 5.86.